The van der Waals surface area contributed by atoms with E-state index in [0.29, 0.717) is 18.2 Å². The summed E-state index contributed by atoms with van der Waals surface area (Å²) in [6, 6.07) is 7.49. The van der Waals surface area contributed by atoms with E-state index in [1.54, 1.807) is 12.1 Å². The maximum Gasteiger partial charge on any atom is 0.248 e. The van der Waals surface area contributed by atoms with Crippen molar-refractivity contribution in [2.75, 3.05) is 0 Å². The number of nitrogens with two attached hydrogens (primary N) is 2. The summed E-state index contributed by atoms with van der Waals surface area (Å²) in [5.74, 6) is -0.410. The Bertz CT molecular complexity index is 386. The third-order valence-corrected chi connectivity index (χ3v) is 2.83. The van der Waals surface area contributed by atoms with Gasteiger partial charge in [-0.2, -0.15) is 0 Å². The number of ether oxygens (including phenoxy) is 1. The third-order valence-electron chi connectivity index (χ3n) is 2.83. The quantitative estimate of drug-likeness (QED) is 0.787. The smallest absolute Gasteiger partial charge is 0.248 e. The molecule has 0 heterocycles. The Morgan fingerprint density at radius 2 is 2.19 bits per heavy atom. The Balaban J connectivity index is 1.89. The molecular weight excluding hydrogens is 204 g/mol. The number of hydrogen-bond acceptors (Lipinski definition) is 3. The van der Waals surface area contributed by atoms with Gasteiger partial charge in [-0.15, -0.1) is 0 Å². The van der Waals surface area contributed by atoms with Crippen LogP contribution in [0.15, 0.2) is 24.3 Å². The van der Waals surface area contributed by atoms with Gasteiger partial charge in [-0.05, 0) is 30.5 Å². The molecule has 16 heavy (non-hydrogen) atoms. The molecule has 0 aliphatic heterocycles. The first-order valence-electron chi connectivity index (χ1n) is 5.41. The Labute approximate surface area is 94.6 Å². The number of carbonyl (C=O) groups excluding carboxylic acids is 1. The number of amides is 1. The van der Waals surface area contributed by atoms with Crippen LogP contribution < -0.4 is 11.5 Å². The van der Waals surface area contributed by atoms with Gasteiger partial charge in [-0.3, -0.25) is 4.79 Å². The average molecular weight is 220 g/mol. The van der Waals surface area contributed by atoms with Crippen LogP contribution in [-0.4, -0.2) is 18.1 Å². The van der Waals surface area contributed by atoms with Gasteiger partial charge in [-0.1, -0.05) is 12.1 Å². The molecule has 0 spiro atoms. The van der Waals surface area contributed by atoms with Crippen LogP contribution >= 0.6 is 0 Å². The summed E-state index contributed by atoms with van der Waals surface area (Å²) < 4.78 is 5.64. The van der Waals surface area contributed by atoms with Crippen LogP contribution in [0.2, 0.25) is 0 Å². The molecule has 2 rings (SSSR count). The fourth-order valence-corrected chi connectivity index (χ4v) is 1.77. The van der Waals surface area contributed by atoms with Crippen molar-refractivity contribution in [3.63, 3.8) is 0 Å². The van der Waals surface area contributed by atoms with Crippen LogP contribution in [0.3, 0.4) is 0 Å². The highest BCUT2D eigenvalue weighted by Crippen LogP contribution is 2.22. The molecule has 4 N–H and O–H groups in total. The molecule has 0 radical (unpaired) electrons. The van der Waals surface area contributed by atoms with E-state index in [1.807, 2.05) is 12.1 Å². The molecule has 0 unspecified atom stereocenters. The first kappa shape index (κ1) is 11.1. The van der Waals surface area contributed by atoms with Crippen molar-refractivity contribution in [1.29, 1.82) is 0 Å². The molecule has 0 atom stereocenters. The highest BCUT2D eigenvalue weighted by Gasteiger charge is 2.26. The van der Waals surface area contributed by atoms with Crippen molar-refractivity contribution in [3.05, 3.63) is 35.4 Å². The van der Waals surface area contributed by atoms with Crippen LogP contribution in [-0.2, 0) is 11.3 Å². The van der Waals surface area contributed by atoms with Crippen molar-refractivity contribution in [3.8, 4) is 0 Å². The monoisotopic (exact) mass is 220 g/mol. The van der Waals surface area contributed by atoms with E-state index < -0.39 is 5.91 Å². The molecular formula is C12H16N2O2. The summed E-state index contributed by atoms with van der Waals surface area (Å²) in [6.07, 6.45) is 2.12. The zero-order valence-electron chi connectivity index (χ0n) is 9.06. The number of benzene rings is 1. The standard InChI is InChI=1S/C12H16N2O2/c13-10-5-11(6-10)16-7-8-2-1-3-9(4-8)12(14)15/h1-4,10-11H,5-7,13H2,(H2,14,15). The summed E-state index contributed by atoms with van der Waals surface area (Å²) in [4.78, 5) is 11.0. The van der Waals surface area contributed by atoms with Crippen LogP contribution in [0.1, 0.15) is 28.8 Å². The molecule has 1 aromatic rings. The molecule has 0 saturated heterocycles. The molecule has 1 fully saturated rings. The van der Waals surface area contributed by atoms with E-state index in [2.05, 4.69) is 0 Å². The average Bonchev–Trinajstić information content (AvgIpc) is 2.23. The molecule has 1 saturated carbocycles. The van der Waals surface area contributed by atoms with E-state index in [-0.39, 0.29) is 6.10 Å². The minimum Gasteiger partial charge on any atom is -0.373 e. The van der Waals surface area contributed by atoms with Gasteiger partial charge in [0.25, 0.3) is 0 Å². The molecule has 1 amide bonds. The second-order valence-corrected chi connectivity index (χ2v) is 4.23. The zero-order valence-corrected chi connectivity index (χ0v) is 9.06. The summed E-state index contributed by atoms with van der Waals surface area (Å²) >= 11 is 0. The molecule has 0 bridgehead atoms. The Morgan fingerprint density at radius 3 is 2.81 bits per heavy atom. The largest absolute Gasteiger partial charge is 0.373 e. The molecule has 1 aliphatic carbocycles. The molecule has 1 aromatic carbocycles. The fourth-order valence-electron chi connectivity index (χ4n) is 1.77. The number of primary amides is 1. The van der Waals surface area contributed by atoms with Crippen molar-refractivity contribution in [2.24, 2.45) is 11.5 Å². The molecule has 1 aliphatic rings. The minimum absolute atomic E-state index is 0.271. The molecule has 4 heteroatoms. The fraction of sp³-hybridized carbons (Fsp3) is 0.417. The highest BCUT2D eigenvalue weighted by molar-refractivity contribution is 5.92. The number of hydrogen-bond donors (Lipinski definition) is 2. The first-order valence-corrected chi connectivity index (χ1v) is 5.41. The van der Waals surface area contributed by atoms with Crippen LogP contribution in [0.5, 0.6) is 0 Å². The summed E-state index contributed by atoms with van der Waals surface area (Å²) in [5.41, 5.74) is 12.3. The Hall–Kier alpha value is -1.39. The van der Waals surface area contributed by atoms with Gasteiger partial charge in [0.2, 0.25) is 5.91 Å². The van der Waals surface area contributed by atoms with Gasteiger partial charge < -0.3 is 16.2 Å². The van der Waals surface area contributed by atoms with Crippen LogP contribution in [0.25, 0.3) is 0 Å². The van der Waals surface area contributed by atoms with Crippen molar-refractivity contribution >= 4 is 5.91 Å². The van der Waals surface area contributed by atoms with Crippen LogP contribution in [0.4, 0.5) is 0 Å². The van der Waals surface area contributed by atoms with Gasteiger partial charge in [0, 0.05) is 11.6 Å². The third kappa shape index (κ3) is 2.59. The van der Waals surface area contributed by atoms with Gasteiger partial charge >= 0.3 is 0 Å². The topological polar surface area (TPSA) is 78.3 Å². The lowest BCUT2D eigenvalue weighted by molar-refractivity contribution is -0.0188. The normalized spacial score (nSPS) is 23.8. The summed E-state index contributed by atoms with van der Waals surface area (Å²) in [5, 5.41) is 0. The lowest BCUT2D eigenvalue weighted by atomic mass is 9.90. The Kier molecular flexibility index (Phi) is 3.22. The second-order valence-electron chi connectivity index (χ2n) is 4.23. The van der Waals surface area contributed by atoms with Crippen LogP contribution in [0, 0.1) is 0 Å². The Morgan fingerprint density at radius 1 is 1.44 bits per heavy atom. The van der Waals surface area contributed by atoms with E-state index >= 15 is 0 Å². The van der Waals surface area contributed by atoms with E-state index in [4.69, 9.17) is 16.2 Å². The van der Waals surface area contributed by atoms with Gasteiger partial charge in [0.15, 0.2) is 0 Å². The number of rotatable bonds is 4. The predicted octanol–water partition coefficient (Wildman–Crippen LogP) is 0.792. The molecule has 0 aromatic heterocycles. The van der Waals surface area contributed by atoms with Crippen molar-refractivity contribution in [1.82, 2.24) is 0 Å². The van der Waals surface area contributed by atoms with Gasteiger partial charge in [0.05, 0.1) is 12.7 Å². The van der Waals surface area contributed by atoms with E-state index in [1.165, 1.54) is 0 Å². The van der Waals surface area contributed by atoms with Crippen molar-refractivity contribution in [2.45, 2.75) is 31.6 Å². The maximum atomic E-state index is 11.0. The zero-order chi connectivity index (χ0) is 11.5. The van der Waals surface area contributed by atoms with Gasteiger partial charge in [-0.25, -0.2) is 0 Å². The summed E-state index contributed by atoms with van der Waals surface area (Å²) in [7, 11) is 0. The highest BCUT2D eigenvalue weighted by atomic mass is 16.5. The molecule has 86 valence electrons. The summed E-state index contributed by atoms with van der Waals surface area (Å²) in [6.45, 7) is 0.512. The maximum absolute atomic E-state index is 11.0. The van der Waals surface area contributed by atoms with E-state index in [0.717, 1.165) is 18.4 Å². The lowest BCUT2D eigenvalue weighted by Gasteiger charge is -2.32. The minimum atomic E-state index is -0.410. The first-order chi connectivity index (χ1) is 7.65. The van der Waals surface area contributed by atoms with E-state index in [9.17, 15) is 4.79 Å². The predicted molar refractivity (Wildman–Crippen MR) is 60.7 cm³/mol. The number of carbonyl (C=O) groups is 1. The SMILES string of the molecule is NC(=O)c1cccc(COC2CC(N)C2)c1. The molecule has 4 nitrogen and oxygen atoms in total. The van der Waals surface area contributed by atoms with Crippen molar-refractivity contribution < 1.29 is 9.53 Å². The lowest BCUT2D eigenvalue weighted by Crippen LogP contribution is -2.41. The van der Waals surface area contributed by atoms with Gasteiger partial charge in [0.1, 0.15) is 0 Å². The second kappa shape index (κ2) is 4.63.